The lowest BCUT2D eigenvalue weighted by molar-refractivity contribution is -0.136. The molecule has 2 N–H and O–H groups in total. The molecule has 0 aliphatic rings. The average Bonchev–Trinajstić information content (AvgIpc) is 3.05. The van der Waals surface area contributed by atoms with E-state index in [1.807, 2.05) is 12.1 Å². The van der Waals surface area contributed by atoms with E-state index in [1.54, 1.807) is 48.5 Å². The Morgan fingerprint density at radius 1 is 1.04 bits per heavy atom. The summed E-state index contributed by atoms with van der Waals surface area (Å²) in [6, 6.07) is 17.1. The number of nitrogens with one attached hydrogen (secondary N) is 1. The molecule has 126 valence electrons. The van der Waals surface area contributed by atoms with Gasteiger partial charge in [-0.05, 0) is 42.0 Å². The number of anilines is 1. The van der Waals surface area contributed by atoms with Gasteiger partial charge in [-0.3, -0.25) is 9.59 Å². The molecule has 0 spiro atoms. The Morgan fingerprint density at radius 2 is 1.84 bits per heavy atom. The largest absolute Gasteiger partial charge is 0.481 e. The van der Waals surface area contributed by atoms with Crippen molar-refractivity contribution in [2.75, 3.05) is 5.32 Å². The first-order chi connectivity index (χ1) is 12.0. The smallest absolute Gasteiger partial charge is 0.307 e. The molecule has 0 unspecified atom stereocenters. The fraction of sp³-hybridized carbons (Fsp3) is 0.0526. The molecular weight excluding hydrogens is 342 g/mol. The fourth-order valence-electron chi connectivity index (χ4n) is 2.39. The zero-order valence-electron chi connectivity index (χ0n) is 13.0. The Bertz CT molecular complexity index is 932. The van der Waals surface area contributed by atoms with Crippen molar-refractivity contribution in [3.05, 3.63) is 77.0 Å². The van der Waals surface area contributed by atoms with Gasteiger partial charge in [-0.15, -0.1) is 0 Å². The zero-order valence-corrected chi connectivity index (χ0v) is 13.8. The van der Waals surface area contributed by atoms with Crippen LogP contribution in [0.1, 0.15) is 16.1 Å². The molecule has 25 heavy (non-hydrogen) atoms. The van der Waals surface area contributed by atoms with E-state index in [2.05, 4.69) is 5.32 Å². The Kier molecular flexibility index (Phi) is 4.86. The van der Waals surface area contributed by atoms with Crippen molar-refractivity contribution in [1.82, 2.24) is 0 Å². The van der Waals surface area contributed by atoms with Crippen molar-refractivity contribution >= 4 is 29.2 Å². The lowest BCUT2D eigenvalue weighted by atomic mass is 10.1. The SMILES string of the molecule is O=C(O)Cc1cccc(NC(=O)c2ccc(-c3ccccc3Cl)o2)c1. The van der Waals surface area contributed by atoms with Crippen LogP contribution in [0, 0.1) is 0 Å². The van der Waals surface area contributed by atoms with Crippen molar-refractivity contribution in [3.63, 3.8) is 0 Å². The number of carboxylic acid groups (broad SMARTS) is 1. The van der Waals surface area contributed by atoms with E-state index in [1.165, 1.54) is 0 Å². The number of furan rings is 1. The number of carbonyl (C=O) groups excluding carboxylic acids is 1. The van der Waals surface area contributed by atoms with Crippen molar-refractivity contribution in [2.45, 2.75) is 6.42 Å². The van der Waals surface area contributed by atoms with E-state index >= 15 is 0 Å². The minimum absolute atomic E-state index is 0.110. The van der Waals surface area contributed by atoms with Crippen LogP contribution in [0.25, 0.3) is 11.3 Å². The summed E-state index contributed by atoms with van der Waals surface area (Å²) >= 11 is 6.13. The van der Waals surface area contributed by atoms with Gasteiger partial charge in [-0.2, -0.15) is 0 Å². The Labute approximate surface area is 148 Å². The summed E-state index contributed by atoms with van der Waals surface area (Å²) in [5, 5.41) is 12.1. The normalized spacial score (nSPS) is 10.4. The molecule has 3 rings (SSSR count). The number of carboxylic acids is 1. The molecule has 0 saturated carbocycles. The van der Waals surface area contributed by atoms with Gasteiger partial charge in [0.05, 0.1) is 11.4 Å². The first-order valence-corrected chi connectivity index (χ1v) is 7.87. The first kappa shape index (κ1) is 16.8. The molecule has 1 aromatic heterocycles. The molecule has 6 heteroatoms. The minimum atomic E-state index is -0.932. The second kappa shape index (κ2) is 7.23. The van der Waals surface area contributed by atoms with Crippen molar-refractivity contribution in [3.8, 4) is 11.3 Å². The van der Waals surface area contributed by atoms with Crippen molar-refractivity contribution in [1.29, 1.82) is 0 Å². The molecule has 0 fully saturated rings. The summed E-state index contributed by atoms with van der Waals surface area (Å²) in [6.45, 7) is 0. The highest BCUT2D eigenvalue weighted by molar-refractivity contribution is 6.33. The third kappa shape index (κ3) is 4.08. The van der Waals surface area contributed by atoms with Crippen LogP contribution < -0.4 is 5.32 Å². The van der Waals surface area contributed by atoms with Crippen LogP contribution in [0.5, 0.6) is 0 Å². The zero-order chi connectivity index (χ0) is 17.8. The van der Waals surface area contributed by atoms with Crippen LogP contribution in [0.3, 0.4) is 0 Å². The highest BCUT2D eigenvalue weighted by atomic mass is 35.5. The first-order valence-electron chi connectivity index (χ1n) is 7.50. The number of aliphatic carboxylic acids is 1. The van der Waals surface area contributed by atoms with Gasteiger partial charge < -0.3 is 14.8 Å². The molecule has 1 heterocycles. The van der Waals surface area contributed by atoms with Gasteiger partial charge in [0, 0.05) is 11.3 Å². The van der Waals surface area contributed by atoms with E-state index in [9.17, 15) is 9.59 Å². The second-order valence-electron chi connectivity index (χ2n) is 5.37. The van der Waals surface area contributed by atoms with Gasteiger partial charge >= 0.3 is 5.97 Å². The Morgan fingerprint density at radius 3 is 2.60 bits per heavy atom. The maximum atomic E-state index is 12.3. The standard InChI is InChI=1S/C19H14ClNO4/c20-15-7-2-1-6-14(15)16-8-9-17(25-16)19(24)21-13-5-3-4-12(10-13)11-18(22)23/h1-10H,11H2,(H,21,24)(H,22,23). The number of benzene rings is 2. The second-order valence-corrected chi connectivity index (χ2v) is 5.78. The monoisotopic (exact) mass is 355 g/mol. The summed E-state index contributed by atoms with van der Waals surface area (Å²) in [4.78, 5) is 23.1. The molecule has 3 aromatic rings. The summed E-state index contributed by atoms with van der Waals surface area (Å²) in [6.07, 6.45) is -0.110. The number of amides is 1. The summed E-state index contributed by atoms with van der Waals surface area (Å²) in [7, 11) is 0. The lowest BCUT2D eigenvalue weighted by Crippen LogP contribution is -2.11. The molecule has 0 atom stereocenters. The van der Waals surface area contributed by atoms with Crippen LogP contribution >= 0.6 is 11.6 Å². The third-order valence-electron chi connectivity index (χ3n) is 3.51. The van der Waals surface area contributed by atoms with Gasteiger partial charge in [0.25, 0.3) is 5.91 Å². The van der Waals surface area contributed by atoms with Crippen LogP contribution in [0.15, 0.2) is 65.1 Å². The number of halogens is 1. The van der Waals surface area contributed by atoms with Crippen LogP contribution in [-0.2, 0) is 11.2 Å². The Hall–Kier alpha value is -3.05. The molecule has 0 aliphatic carbocycles. The third-order valence-corrected chi connectivity index (χ3v) is 3.84. The molecule has 2 aromatic carbocycles. The predicted octanol–water partition coefficient (Wildman–Crippen LogP) is 4.48. The molecule has 0 saturated heterocycles. The maximum Gasteiger partial charge on any atom is 0.307 e. The fourth-order valence-corrected chi connectivity index (χ4v) is 2.62. The summed E-state index contributed by atoms with van der Waals surface area (Å²) < 4.78 is 5.59. The number of rotatable bonds is 5. The van der Waals surface area contributed by atoms with E-state index in [0.29, 0.717) is 27.6 Å². The Balaban J connectivity index is 1.76. The highest BCUT2D eigenvalue weighted by Crippen LogP contribution is 2.29. The van der Waals surface area contributed by atoms with Gasteiger partial charge in [0.1, 0.15) is 5.76 Å². The lowest BCUT2D eigenvalue weighted by Gasteiger charge is -2.05. The molecule has 5 nitrogen and oxygen atoms in total. The van der Waals surface area contributed by atoms with Crippen LogP contribution in [0.2, 0.25) is 5.02 Å². The van der Waals surface area contributed by atoms with Crippen LogP contribution in [-0.4, -0.2) is 17.0 Å². The predicted molar refractivity (Wildman–Crippen MR) is 94.9 cm³/mol. The topological polar surface area (TPSA) is 79.5 Å². The minimum Gasteiger partial charge on any atom is -0.481 e. The molecule has 0 aliphatic heterocycles. The molecular formula is C19H14ClNO4. The van der Waals surface area contributed by atoms with Gasteiger partial charge in [-0.25, -0.2) is 0 Å². The number of carbonyl (C=O) groups is 2. The van der Waals surface area contributed by atoms with Crippen LogP contribution in [0.4, 0.5) is 5.69 Å². The molecule has 0 bridgehead atoms. The van der Waals surface area contributed by atoms with Crippen molar-refractivity contribution in [2.24, 2.45) is 0 Å². The summed E-state index contributed by atoms with van der Waals surface area (Å²) in [5.74, 6) is -0.724. The average molecular weight is 356 g/mol. The summed E-state index contributed by atoms with van der Waals surface area (Å²) in [5.41, 5.74) is 1.80. The van der Waals surface area contributed by atoms with Gasteiger partial charge in [0.2, 0.25) is 0 Å². The van der Waals surface area contributed by atoms with Gasteiger partial charge in [0.15, 0.2) is 5.76 Å². The molecule has 1 amide bonds. The van der Waals surface area contributed by atoms with E-state index in [0.717, 1.165) is 0 Å². The maximum absolute atomic E-state index is 12.3. The van der Waals surface area contributed by atoms with Crippen molar-refractivity contribution < 1.29 is 19.1 Å². The molecule has 0 radical (unpaired) electrons. The number of hydrogen-bond donors (Lipinski definition) is 2. The highest BCUT2D eigenvalue weighted by Gasteiger charge is 2.14. The van der Waals surface area contributed by atoms with E-state index in [4.69, 9.17) is 21.1 Å². The van der Waals surface area contributed by atoms with Gasteiger partial charge in [-0.1, -0.05) is 35.9 Å². The number of hydrogen-bond acceptors (Lipinski definition) is 3. The quantitative estimate of drug-likeness (QED) is 0.707. The van der Waals surface area contributed by atoms with E-state index in [-0.39, 0.29) is 12.2 Å². The van der Waals surface area contributed by atoms with E-state index < -0.39 is 11.9 Å².